The molecular weight excluding hydrogens is 328 g/mol. The first-order valence-electron chi connectivity index (χ1n) is 7.48. The number of hydrogen-bond donors (Lipinski definition) is 2. The van der Waals surface area contributed by atoms with Crippen LogP contribution in [-0.2, 0) is 9.59 Å². The number of para-hydroxylation sites is 1. The number of nitrogens with zero attached hydrogens (tertiary/aromatic N) is 2. The van der Waals surface area contributed by atoms with Crippen molar-refractivity contribution in [1.29, 1.82) is 0 Å². The molecule has 1 aliphatic rings. The highest BCUT2D eigenvalue weighted by Gasteiger charge is 2.33. The van der Waals surface area contributed by atoms with Gasteiger partial charge >= 0.3 is 5.97 Å². The summed E-state index contributed by atoms with van der Waals surface area (Å²) >= 11 is 1.53. The van der Waals surface area contributed by atoms with Crippen molar-refractivity contribution in [1.82, 2.24) is 5.01 Å². The van der Waals surface area contributed by atoms with Crippen LogP contribution in [0, 0.1) is 0 Å². The number of carbonyl (C=O) groups is 2. The van der Waals surface area contributed by atoms with E-state index >= 15 is 0 Å². The van der Waals surface area contributed by atoms with E-state index in [1.807, 2.05) is 16.8 Å². The summed E-state index contributed by atoms with van der Waals surface area (Å²) in [6.07, 6.45) is 0.147. The number of phenolic OH excluding ortho intramolecular Hbond substituents is 1. The highest BCUT2D eigenvalue weighted by molar-refractivity contribution is 7.08. The number of aromatic hydroxyl groups is 1. The summed E-state index contributed by atoms with van der Waals surface area (Å²) < 4.78 is 0. The number of phenols is 1. The molecule has 0 bridgehead atoms. The molecule has 0 saturated heterocycles. The molecule has 1 aromatic heterocycles. The van der Waals surface area contributed by atoms with Crippen molar-refractivity contribution in [2.24, 2.45) is 5.10 Å². The zero-order valence-corrected chi connectivity index (χ0v) is 13.6. The monoisotopic (exact) mass is 344 g/mol. The minimum Gasteiger partial charge on any atom is -0.507 e. The van der Waals surface area contributed by atoms with Crippen LogP contribution in [0.5, 0.6) is 5.75 Å². The van der Waals surface area contributed by atoms with Crippen LogP contribution in [0.4, 0.5) is 0 Å². The summed E-state index contributed by atoms with van der Waals surface area (Å²) in [5, 5.41) is 28.4. The van der Waals surface area contributed by atoms with Crippen LogP contribution in [0.3, 0.4) is 0 Å². The molecule has 0 saturated carbocycles. The Hall–Kier alpha value is -2.67. The normalized spacial score (nSPS) is 16.9. The van der Waals surface area contributed by atoms with Crippen molar-refractivity contribution in [3.8, 4) is 5.75 Å². The third-order valence-electron chi connectivity index (χ3n) is 3.86. The first kappa shape index (κ1) is 16.2. The molecule has 1 amide bonds. The first-order valence-corrected chi connectivity index (χ1v) is 8.42. The van der Waals surface area contributed by atoms with Gasteiger partial charge in [-0.1, -0.05) is 12.1 Å². The zero-order chi connectivity index (χ0) is 17.1. The number of hydrazone groups is 1. The smallest absolute Gasteiger partial charge is 0.303 e. The van der Waals surface area contributed by atoms with Gasteiger partial charge in [0, 0.05) is 18.4 Å². The molecule has 1 aliphatic heterocycles. The van der Waals surface area contributed by atoms with Gasteiger partial charge in [-0.3, -0.25) is 9.59 Å². The van der Waals surface area contributed by atoms with E-state index in [4.69, 9.17) is 5.11 Å². The fraction of sp³-hybridized carbons (Fsp3) is 0.235. The summed E-state index contributed by atoms with van der Waals surface area (Å²) in [6, 6.07) is 8.51. The van der Waals surface area contributed by atoms with E-state index in [9.17, 15) is 14.7 Å². The number of amides is 1. The molecule has 0 unspecified atom stereocenters. The molecule has 3 rings (SSSR count). The van der Waals surface area contributed by atoms with Crippen molar-refractivity contribution in [3.63, 3.8) is 0 Å². The van der Waals surface area contributed by atoms with E-state index in [0.717, 1.165) is 5.56 Å². The van der Waals surface area contributed by atoms with E-state index in [0.29, 0.717) is 17.7 Å². The van der Waals surface area contributed by atoms with Gasteiger partial charge in [-0.05, 0) is 34.5 Å². The number of rotatable bonds is 5. The molecule has 1 aromatic carbocycles. The highest BCUT2D eigenvalue weighted by Crippen LogP contribution is 2.35. The maximum atomic E-state index is 12.4. The second-order valence-corrected chi connectivity index (χ2v) is 6.25. The lowest BCUT2D eigenvalue weighted by Crippen LogP contribution is -2.27. The molecule has 124 valence electrons. The van der Waals surface area contributed by atoms with Crippen LogP contribution in [0.2, 0.25) is 0 Å². The van der Waals surface area contributed by atoms with Gasteiger partial charge in [0.15, 0.2) is 0 Å². The van der Waals surface area contributed by atoms with E-state index in [-0.39, 0.29) is 30.5 Å². The summed E-state index contributed by atoms with van der Waals surface area (Å²) in [4.78, 5) is 23.1. The third-order valence-corrected chi connectivity index (χ3v) is 4.56. The van der Waals surface area contributed by atoms with Gasteiger partial charge in [-0.25, -0.2) is 5.01 Å². The zero-order valence-electron chi connectivity index (χ0n) is 12.8. The molecule has 0 aliphatic carbocycles. The van der Waals surface area contributed by atoms with Crippen LogP contribution < -0.4 is 0 Å². The molecule has 2 heterocycles. The quantitative estimate of drug-likeness (QED) is 0.872. The molecule has 0 spiro atoms. The summed E-state index contributed by atoms with van der Waals surface area (Å²) in [5.74, 6) is -1.24. The minimum absolute atomic E-state index is 0.104. The largest absolute Gasteiger partial charge is 0.507 e. The van der Waals surface area contributed by atoms with E-state index in [2.05, 4.69) is 5.10 Å². The van der Waals surface area contributed by atoms with Crippen LogP contribution >= 0.6 is 11.3 Å². The van der Waals surface area contributed by atoms with Gasteiger partial charge in [-0.15, -0.1) is 0 Å². The summed E-state index contributed by atoms with van der Waals surface area (Å²) in [6.45, 7) is 0. The third kappa shape index (κ3) is 3.30. The number of aliphatic carboxylic acids is 1. The second kappa shape index (κ2) is 6.84. The predicted molar refractivity (Wildman–Crippen MR) is 90.0 cm³/mol. The number of carboxylic acids is 1. The lowest BCUT2D eigenvalue weighted by molar-refractivity contribution is -0.141. The number of hydrogen-bond acceptors (Lipinski definition) is 5. The van der Waals surface area contributed by atoms with Crippen molar-refractivity contribution < 1.29 is 19.8 Å². The molecule has 1 atom stereocenters. The average molecular weight is 344 g/mol. The summed E-state index contributed by atoms with van der Waals surface area (Å²) in [7, 11) is 0. The molecular formula is C17H16N2O4S. The Balaban J connectivity index is 1.90. The predicted octanol–water partition coefficient (Wildman–Crippen LogP) is 3.00. The van der Waals surface area contributed by atoms with Gasteiger partial charge in [0.2, 0.25) is 5.91 Å². The number of carbonyl (C=O) groups excluding carboxylic acids is 1. The average Bonchev–Trinajstić information content (AvgIpc) is 3.22. The second-order valence-electron chi connectivity index (χ2n) is 5.47. The minimum atomic E-state index is -1.01. The van der Waals surface area contributed by atoms with Gasteiger partial charge in [-0.2, -0.15) is 16.4 Å². The van der Waals surface area contributed by atoms with Crippen molar-refractivity contribution in [3.05, 3.63) is 52.2 Å². The van der Waals surface area contributed by atoms with Gasteiger partial charge < -0.3 is 10.2 Å². The fourth-order valence-electron chi connectivity index (χ4n) is 2.67. The Morgan fingerprint density at radius 2 is 2.04 bits per heavy atom. The molecule has 0 radical (unpaired) electrons. The lowest BCUT2D eigenvalue weighted by Gasteiger charge is -2.20. The SMILES string of the molecule is O=C(O)CCC(=O)N1N=C(c2ccccc2O)C[C@@H]1c1ccsc1. The highest BCUT2D eigenvalue weighted by atomic mass is 32.1. The molecule has 6 nitrogen and oxygen atoms in total. The van der Waals surface area contributed by atoms with Gasteiger partial charge in [0.1, 0.15) is 5.75 Å². The molecule has 2 aromatic rings. The standard InChI is InChI=1S/C17H16N2O4S/c20-15-4-2-1-3-12(15)13-9-14(11-7-8-24-10-11)19(18-13)16(21)5-6-17(22)23/h1-4,7-8,10,14,20H,5-6,9H2,(H,22,23)/t14-/m1/s1. The van der Waals surface area contributed by atoms with E-state index in [1.165, 1.54) is 16.3 Å². The van der Waals surface area contributed by atoms with Crippen LogP contribution in [0.1, 0.15) is 36.4 Å². The maximum Gasteiger partial charge on any atom is 0.303 e. The lowest BCUT2D eigenvalue weighted by atomic mass is 9.99. The van der Waals surface area contributed by atoms with Crippen molar-refractivity contribution >= 4 is 28.9 Å². The van der Waals surface area contributed by atoms with Crippen LogP contribution in [0.15, 0.2) is 46.2 Å². The number of carboxylic acid groups (broad SMARTS) is 1. The van der Waals surface area contributed by atoms with E-state index < -0.39 is 5.97 Å². The van der Waals surface area contributed by atoms with Crippen LogP contribution in [0.25, 0.3) is 0 Å². The Morgan fingerprint density at radius 3 is 2.71 bits per heavy atom. The first-order chi connectivity index (χ1) is 11.6. The molecule has 7 heteroatoms. The number of benzene rings is 1. The number of thiophene rings is 1. The topological polar surface area (TPSA) is 90.2 Å². The Kier molecular flexibility index (Phi) is 4.61. The van der Waals surface area contributed by atoms with Gasteiger partial charge in [0.05, 0.1) is 18.2 Å². The van der Waals surface area contributed by atoms with E-state index in [1.54, 1.807) is 24.3 Å². The van der Waals surface area contributed by atoms with Crippen molar-refractivity contribution in [2.45, 2.75) is 25.3 Å². The Bertz CT molecular complexity index is 786. The molecule has 0 fully saturated rings. The fourth-order valence-corrected chi connectivity index (χ4v) is 3.38. The molecule has 24 heavy (non-hydrogen) atoms. The molecule has 2 N–H and O–H groups in total. The Labute approximate surface area is 142 Å². The Morgan fingerprint density at radius 1 is 1.25 bits per heavy atom. The maximum absolute atomic E-state index is 12.4. The van der Waals surface area contributed by atoms with Gasteiger partial charge in [0.25, 0.3) is 0 Å². The van der Waals surface area contributed by atoms with Crippen molar-refractivity contribution in [2.75, 3.05) is 0 Å². The summed E-state index contributed by atoms with van der Waals surface area (Å²) in [5.41, 5.74) is 2.16. The van der Waals surface area contributed by atoms with Crippen LogP contribution in [-0.4, -0.2) is 32.8 Å².